The molecule has 1 aromatic rings. The van der Waals surface area contributed by atoms with Crippen LogP contribution in [0.1, 0.15) is 31.2 Å². The molecule has 2 N–H and O–H groups in total. The Morgan fingerprint density at radius 2 is 2.07 bits per heavy atom. The number of carbonyl (C=O) groups is 3. The zero-order valence-corrected chi connectivity index (χ0v) is 16.6. The van der Waals surface area contributed by atoms with Crippen molar-refractivity contribution in [2.45, 2.75) is 43.7 Å². The summed E-state index contributed by atoms with van der Waals surface area (Å²) in [5.74, 6) is -0.638. The van der Waals surface area contributed by atoms with E-state index in [0.29, 0.717) is 26.1 Å². The SMILES string of the molecule is O=C1NC(=O)[C@](CCC(=O)N2CCN3c4cc(F)c(Cl)cc4CC3C2)(C2CC2)N1. The Kier molecular flexibility index (Phi) is 4.24. The molecular formula is C20H22ClFN4O3. The van der Waals surface area contributed by atoms with Gasteiger partial charge in [-0.2, -0.15) is 0 Å². The van der Waals surface area contributed by atoms with Crippen molar-refractivity contribution < 1.29 is 18.8 Å². The van der Waals surface area contributed by atoms with E-state index in [9.17, 15) is 18.8 Å². The van der Waals surface area contributed by atoms with Gasteiger partial charge in [-0.05, 0) is 49.3 Å². The molecule has 4 aliphatic rings. The summed E-state index contributed by atoms with van der Waals surface area (Å²) < 4.78 is 13.9. The molecule has 154 valence electrons. The van der Waals surface area contributed by atoms with Gasteiger partial charge in [0.25, 0.3) is 5.91 Å². The molecule has 0 radical (unpaired) electrons. The minimum absolute atomic E-state index is 0.0150. The Labute approximate surface area is 172 Å². The third kappa shape index (κ3) is 3.04. The molecule has 0 bridgehead atoms. The lowest BCUT2D eigenvalue weighted by molar-refractivity contribution is -0.133. The van der Waals surface area contributed by atoms with E-state index in [-0.39, 0.29) is 35.2 Å². The molecule has 3 aliphatic heterocycles. The molecule has 9 heteroatoms. The molecule has 4 amide bonds. The lowest BCUT2D eigenvalue weighted by Crippen LogP contribution is -2.54. The van der Waals surface area contributed by atoms with Crippen LogP contribution in [0.2, 0.25) is 5.02 Å². The van der Waals surface area contributed by atoms with E-state index in [1.54, 1.807) is 6.07 Å². The summed E-state index contributed by atoms with van der Waals surface area (Å²) in [5, 5.41) is 5.21. The number of nitrogens with one attached hydrogen (secondary N) is 2. The van der Waals surface area contributed by atoms with Crippen LogP contribution in [0.4, 0.5) is 14.9 Å². The van der Waals surface area contributed by atoms with E-state index < -0.39 is 17.4 Å². The van der Waals surface area contributed by atoms with E-state index in [2.05, 4.69) is 15.5 Å². The Morgan fingerprint density at radius 1 is 1.28 bits per heavy atom. The largest absolute Gasteiger partial charge is 0.364 e. The predicted octanol–water partition coefficient (Wildman–Crippen LogP) is 1.82. The second-order valence-corrected chi connectivity index (χ2v) is 8.85. The number of urea groups is 1. The Hall–Kier alpha value is -2.35. The Bertz CT molecular complexity index is 921. The first-order valence-corrected chi connectivity index (χ1v) is 10.4. The van der Waals surface area contributed by atoms with Crippen molar-refractivity contribution in [3.05, 3.63) is 28.5 Å². The standard InChI is InChI=1S/C20H22ClFN4O3/c21-14-8-11-7-13-10-25(5-6-26(13)16(11)9-15(14)22)17(27)3-4-20(12-1-2-12)18(28)23-19(29)24-20/h8-9,12-13H,1-7,10H2,(H2,23,24,28,29)/t13?,20-/m0/s1. The van der Waals surface area contributed by atoms with Crippen LogP contribution >= 0.6 is 11.6 Å². The summed E-state index contributed by atoms with van der Waals surface area (Å²) in [7, 11) is 0. The smallest absolute Gasteiger partial charge is 0.322 e. The summed E-state index contributed by atoms with van der Waals surface area (Å²) in [6, 6.07) is 2.79. The number of anilines is 1. The normalized spacial score (nSPS) is 28.1. The minimum Gasteiger partial charge on any atom is -0.364 e. The number of hydrogen-bond acceptors (Lipinski definition) is 4. The van der Waals surface area contributed by atoms with Gasteiger partial charge in [-0.3, -0.25) is 14.9 Å². The summed E-state index contributed by atoms with van der Waals surface area (Å²) >= 11 is 5.92. The number of benzene rings is 1. The van der Waals surface area contributed by atoms with E-state index in [1.165, 1.54) is 6.07 Å². The van der Waals surface area contributed by atoms with Crippen molar-refractivity contribution in [3.8, 4) is 0 Å². The van der Waals surface area contributed by atoms with E-state index in [4.69, 9.17) is 11.6 Å². The van der Waals surface area contributed by atoms with Gasteiger partial charge in [0.2, 0.25) is 5.91 Å². The van der Waals surface area contributed by atoms with Gasteiger partial charge < -0.3 is 15.1 Å². The highest BCUT2D eigenvalue weighted by Crippen LogP contribution is 2.44. The number of piperazine rings is 1. The number of nitrogens with zero attached hydrogens (tertiary/aromatic N) is 2. The fourth-order valence-electron chi connectivity index (χ4n) is 5.05. The first-order chi connectivity index (χ1) is 13.9. The van der Waals surface area contributed by atoms with Crippen LogP contribution in [-0.4, -0.2) is 54.0 Å². The van der Waals surface area contributed by atoms with Gasteiger partial charge in [0, 0.05) is 31.7 Å². The number of rotatable bonds is 4. The van der Waals surface area contributed by atoms with Crippen LogP contribution in [0.5, 0.6) is 0 Å². The quantitative estimate of drug-likeness (QED) is 0.728. The minimum atomic E-state index is -0.938. The predicted molar refractivity (Wildman–Crippen MR) is 104 cm³/mol. The van der Waals surface area contributed by atoms with Gasteiger partial charge >= 0.3 is 6.03 Å². The first kappa shape index (κ1) is 18.7. The third-order valence-electron chi connectivity index (χ3n) is 6.70. The molecule has 2 atom stereocenters. The van der Waals surface area contributed by atoms with Crippen molar-refractivity contribution in [1.29, 1.82) is 0 Å². The zero-order chi connectivity index (χ0) is 20.3. The molecule has 1 saturated carbocycles. The second-order valence-electron chi connectivity index (χ2n) is 8.44. The van der Waals surface area contributed by atoms with Crippen molar-refractivity contribution in [2.24, 2.45) is 5.92 Å². The highest BCUT2D eigenvalue weighted by molar-refractivity contribution is 6.30. The molecule has 3 fully saturated rings. The molecule has 7 nitrogen and oxygen atoms in total. The van der Waals surface area contributed by atoms with Gasteiger partial charge in [0.1, 0.15) is 11.4 Å². The Balaban J connectivity index is 1.24. The average Bonchev–Trinajstić information content (AvgIpc) is 3.42. The highest BCUT2D eigenvalue weighted by Gasteiger charge is 2.55. The van der Waals surface area contributed by atoms with E-state index in [0.717, 1.165) is 30.5 Å². The topological polar surface area (TPSA) is 81.8 Å². The van der Waals surface area contributed by atoms with Gasteiger partial charge in [0.15, 0.2) is 0 Å². The van der Waals surface area contributed by atoms with Crippen LogP contribution in [-0.2, 0) is 16.0 Å². The summed E-state index contributed by atoms with van der Waals surface area (Å²) in [6.45, 7) is 1.74. The van der Waals surface area contributed by atoms with Gasteiger partial charge in [0.05, 0.1) is 11.1 Å². The number of fused-ring (bicyclic) bond motifs is 3. The fourth-order valence-corrected chi connectivity index (χ4v) is 5.23. The highest BCUT2D eigenvalue weighted by atomic mass is 35.5. The summed E-state index contributed by atoms with van der Waals surface area (Å²) in [6.07, 6.45) is 3.04. The monoisotopic (exact) mass is 420 g/mol. The molecule has 1 aliphatic carbocycles. The molecule has 2 saturated heterocycles. The molecule has 5 rings (SSSR count). The van der Waals surface area contributed by atoms with Crippen LogP contribution in [0, 0.1) is 11.7 Å². The van der Waals surface area contributed by atoms with E-state index in [1.807, 2.05) is 4.90 Å². The van der Waals surface area contributed by atoms with Gasteiger partial charge in [-0.25, -0.2) is 9.18 Å². The van der Waals surface area contributed by atoms with Crippen LogP contribution in [0.15, 0.2) is 12.1 Å². The number of hydrogen-bond donors (Lipinski definition) is 2. The molecular weight excluding hydrogens is 399 g/mol. The van der Waals surface area contributed by atoms with Crippen molar-refractivity contribution in [3.63, 3.8) is 0 Å². The molecule has 29 heavy (non-hydrogen) atoms. The fraction of sp³-hybridized carbons (Fsp3) is 0.550. The van der Waals surface area contributed by atoms with Crippen LogP contribution < -0.4 is 15.5 Å². The maximum absolute atomic E-state index is 13.9. The molecule has 1 unspecified atom stereocenters. The van der Waals surface area contributed by atoms with Gasteiger partial charge in [-0.15, -0.1) is 0 Å². The van der Waals surface area contributed by atoms with Crippen molar-refractivity contribution in [1.82, 2.24) is 15.5 Å². The second kappa shape index (κ2) is 6.58. The number of amides is 4. The molecule has 1 aromatic carbocycles. The van der Waals surface area contributed by atoms with Crippen LogP contribution in [0.3, 0.4) is 0 Å². The summed E-state index contributed by atoms with van der Waals surface area (Å²) in [5.41, 5.74) is 0.933. The molecule has 0 aromatic heterocycles. The average molecular weight is 421 g/mol. The van der Waals surface area contributed by atoms with E-state index >= 15 is 0 Å². The van der Waals surface area contributed by atoms with Crippen LogP contribution in [0.25, 0.3) is 0 Å². The number of carbonyl (C=O) groups excluding carboxylic acids is 3. The first-order valence-electron chi connectivity index (χ1n) is 10.0. The van der Waals surface area contributed by atoms with Crippen molar-refractivity contribution >= 4 is 35.1 Å². The molecule has 0 spiro atoms. The lowest BCUT2D eigenvalue weighted by atomic mass is 9.87. The third-order valence-corrected chi connectivity index (χ3v) is 6.99. The molecule has 3 heterocycles. The van der Waals surface area contributed by atoms with Gasteiger partial charge in [-0.1, -0.05) is 11.6 Å². The summed E-state index contributed by atoms with van der Waals surface area (Å²) in [4.78, 5) is 40.8. The maximum atomic E-state index is 13.9. The Morgan fingerprint density at radius 3 is 2.76 bits per heavy atom. The number of imide groups is 1. The lowest BCUT2D eigenvalue weighted by Gasteiger charge is -2.39. The number of halogens is 2. The maximum Gasteiger partial charge on any atom is 0.322 e. The van der Waals surface area contributed by atoms with Crippen molar-refractivity contribution in [2.75, 3.05) is 24.5 Å². The zero-order valence-electron chi connectivity index (χ0n) is 15.8.